The molecule has 1 saturated heterocycles. The normalized spacial score (nSPS) is 14.3. The maximum atomic E-state index is 13.9. The third-order valence-corrected chi connectivity index (χ3v) is 10.2. The number of amides is 1. The van der Waals surface area contributed by atoms with Crippen molar-refractivity contribution in [1.82, 2.24) is 19.4 Å². The molecule has 1 aliphatic rings. The van der Waals surface area contributed by atoms with Crippen LogP contribution in [-0.2, 0) is 11.3 Å². The number of para-hydroxylation sites is 2. The number of rotatable bonds is 17. The third-order valence-electron chi connectivity index (χ3n) is 9.49. The molecule has 0 bridgehead atoms. The summed E-state index contributed by atoms with van der Waals surface area (Å²) in [5.41, 5.74) is 3.16. The van der Waals surface area contributed by atoms with Gasteiger partial charge in [0.2, 0.25) is 11.5 Å². The van der Waals surface area contributed by atoms with Gasteiger partial charge in [-0.3, -0.25) is 9.59 Å². The van der Waals surface area contributed by atoms with Crippen LogP contribution in [-0.4, -0.2) is 98.8 Å². The fraction of sp³-hybridized carbons (Fsp3) is 0.410. The molecular weight excluding hydrogens is 691 g/mol. The lowest BCUT2D eigenvalue weighted by Gasteiger charge is -2.33. The standard InChI is InChI=1S/C39H46Cl2N4O6/c1-6-20-51-21-19-45-33-10-8-7-9-32(33)42-38(45)36(46)26-13-16-44(17-14-26)18-15-28(27-11-12-30(40)31(41)22-27)25-43(2)39(47)29-23-34(48-3)37(50-5)35(24-29)49-4/h6-12,22-24,26,28H,1,13-21,25H2,2-5H3. The van der Waals surface area contributed by atoms with Crippen LogP contribution in [0.3, 0.4) is 0 Å². The number of methoxy groups -OCH3 is 3. The predicted octanol–water partition coefficient (Wildman–Crippen LogP) is 7.41. The van der Waals surface area contributed by atoms with E-state index in [1.165, 1.54) is 21.3 Å². The zero-order valence-electron chi connectivity index (χ0n) is 29.7. The number of piperidine rings is 1. The fourth-order valence-corrected chi connectivity index (χ4v) is 7.03. The number of likely N-dealkylation sites (tertiary alicyclic amines) is 1. The van der Waals surface area contributed by atoms with E-state index in [4.69, 9.17) is 47.1 Å². The monoisotopic (exact) mass is 736 g/mol. The molecule has 1 atom stereocenters. The molecule has 0 N–H and O–H groups in total. The molecule has 1 unspecified atom stereocenters. The number of aromatic nitrogens is 2. The zero-order valence-corrected chi connectivity index (χ0v) is 31.2. The second-order valence-electron chi connectivity index (χ2n) is 12.7. The number of hydrogen-bond acceptors (Lipinski definition) is 8. The Hall–Kier alpha value is -4.09. The molecule has 5 rings (SSSR count). The number of likely N-dealkylation sites (N-methyl/N-ethyl adjacent to an activating group) is 1. The van der Waals surface area contributed by atoms with Crippen LogP contribution in [0, 0.1) is 5.92 Å². The summed E-state index contributed by atoms with van der Waals surface area (Å²) >= 11 is 12.7. The third kappa shape index (κ3) is 9.05. The van der Waals surface area contributed by atoms with Crippen LogP contribution >= 0.6 is 23.2 Å². The molecule has 0 radical (unpaired) electrons. The van der Waals surface area contributed by atoms with Gasteiger partial charge in [0.05, 0.1) is 55.6 Å². The second kappa shape index (κ2) is 17.9. The Morgan fingerprint density at radius 3 is 2.33 bits per heavy atom. The number of ketones is 1. The molecule has 0 spiro atoms. The van der Waals surface area contributed by atoms with Crippen molar-refractivity contribution in [1.29, 1.82) is 0 Å². The van der Waals surface area contributed by atoms with E-state index in [0.29, 0.717) is 65.0 Å². The summed E-state index contributed by atoms with van der Waals surface area (Å²) in [4.78, 5) is 36.4. The minimum absolute atomic E-state index is 0.0293. The summed E-state index contributed by atoms with van der Waals surface area (Å²) in [6, 6.07) is 16.8. The topological polar surface area (TPSA) is 95.4 Å². The van der Waals surface area contributed by atoms with Gasteiger partial charge in [0.1, 0.15) is 0 Å². The Balaban J connectivity index is 1.26. The van der Waals surface area contributed by atoms with Crippen molar-refractivity contribution < 1.29 is 28.5 Å². The van der Waals surface area contributed by atoms with Crippen molar-refractivity contribution in [3.63, 3.8) is 0 Å². The summed E-state index contributed by atoms with van der Waals surface area (Å²) in [6.45, 7) is 7.98. The first kappa shape index (κ1) is 38.1. The van der Waals surface area contributed by atoms with Crippen LogP contribution in [0.2, 0.25) is 10.0 Å². The quantitative estimate of drug-likeness (QED) is 0.0629. The molecule has 1 fully saturated rings. The molecule has 10 nitrogen and oxygen atoms in total. The Morgan fingerprint density at radius 1 is 0.980 bits per heavy atom. The van der Waals surface area contributed by atoms with E-state index in [9.17, 15) is 9.59 Å². The number of imidazole rings is 1. The molecule has 1 aromatic heterocycles. The van der Waals surface area contributed by atoms with Gasteiger partial charge in [-0.1, -0.05) is 47.5 Å². The van der Waals surface area contributed by atoms with Crippen LogP contribution in [0.15, 0.2) is 67.3 Å². The van der Waals surface area contributed by atoms with Gasteiger partial charge in [0, 0.05) is 37.5 Å². The number of halogens is 2. The molecule has 0 aliphatic carbocycles. The van der Waals surface area contributed by atoms with Gasteiger partial charge in [-0.25, -0.2) is 4.98 Å². The number of Topliss-reactive ketones (excluding diaryl/α,β-unsaturated/α-hetero) is 1. The van der Waals surface area contributed by atoms with E-state index >= 15 is 0 Å². The van der Waals surface area contributed by atoms with Gasteiger partial charge in [-0.05, 0) is 80.9 Å². The van der Waals surface area contributed by atoms with Gasteiger partial charge in [0.15, 0.2) is 17.3 Å². The van der Waals surface area contributed by atoms with E-state index in [0.717, 1.165) is 55.5 Å². The highest BCUT2D eigenvalue weighted by Gasteiger charge is 2.30. The van der Waals surface area contributed by atoms with Crippen molar-refractivity contribution in [2.24, 2.45) is 5.92 Å². The van der Waals surface area contributed by atoms with Crippen molar-refractivity contribution in [2.45, 2.75) is 31.7 Å². The Labute approximate surface area is 309 Å². The van der Waals surface area contributed by atoms with Gasteiger partial charge in [0.25, 0.3) is 5.91 Å². The molecule has 3 aromatic carbocycles. The van der Waals surface area contributed by atoms with Crippen LogP contribution in [0.1, 0.15) is 51.7 Å². The highest BCUT2D eigenvalue weighted by molar-refractivity contribution is 6.42. The summed E-state index contributed by atoms with van der Waals surface area (Å²) in [6.07, 6.45) is 3.97. The number of ether oxygens (including phenoxy) is 4. The smallest absolute Gasteiger partial charge is 0.253 e. The van der Waals surface area contributed by atoms with Crippen molar-refractivity contribution in [3.8, 4) is 17.2 Å². The Kier molecular flexibility index (Phi) is 13.4. The summed E-state index contributed by atoms with van der Waals surface area (Å²) in [5, 5.41) is 0.945. The molecule has 1 aliphatic heterocycles. The fourth-order valence-electron chi connectivity index (χ4n) is 6.72. The average Bonchev–Trinajstić information content (AvgIpc) is 3.53. The predicted molar refractivity (Wildman–Crippen MR) is 201 cm³/mol. The van der Waals surface area contributed by atoms with E-state index in [-0.39, 0.29) is 23.5 Å². The lowest BCUT2D eigenvalue weighted by atomic mass is 9.90. The van der Waals surface area contributed by atoms with Gasteiger partial charge in [-0.15, -0.1) is 6.58 Å². The first-order valence-corrected chi connectivity index (χ1v) is 17.8. The highest BCUT2D eigenvalue weighted by atomic mass is 35.5. The number of carbonyl (C=O) groups is 2. The molecule has 272 valence electrons. The molecule has 51 heavy (non-hydrogen) atoms. The van der Waals surface area contributed by atoms with Crippen LogP contribution in [0.4, 0.5) is 0 Å². The number of hydrogen-bond donors (Lipinski definition) is 0. The summed E-state index contributed by atoms with van der Waals surface area (Å²) < 4.78 is 24.0. The molecule has 12 heteroatoms. The first-order chi connectivity index (χ1) is 24.7. The number of fused-ring (bicyclic) bond motifs is 1. The average molecular weight is 738 g/mol. The van der Waals surface area contributed by atoms with Crippen molar-refractivity contribution in [3.05, 3.63) is 94.2 Å². The maximum absolute atomic E-state index is 13.9. The lowest BCUT2D eigenvalue weighted by molar-refractivity contribution is 0.0778. The molecule has 4 aromatic rings. The lowest BCUT2D eigenvalue weighted by Crippen LogP contribution is -2.39. The van der Waals surface area contributed by atoms with Gasteiger partial charge < -0.3 is 33.3 Å². The van der Waals surface area contributed by atoms with E-state index in [1.54, 1.807) is 36.2 Å². The largest absolute Gasteiger partial charge is 0.493 e. The highest BCUT2D eigenvalue weighted by Crippen LogP contribution is 2.39. The summed E-state index contributed by atoms with van der Waals surface area (Å²) in [7, 11) is 6.35. The Bertz CT molecular complexity index is 1810. The number of benzene rings is 3. The van der Waals surface area contributed by atoms with E-state index in [2.05, 4.69) is 11.5 Å². The van der Waals surface area contributed by atoms with E-state index in [1.807, 2.05) is 41.0 Å². The molecular formula is C39H46Cl2N4O6. The van der Waals surface area contributed by atoms with Crippen molar-refractivity contribution in [2.75, 3.05) is 67.8 Å². The minimum atomic E-state index is -0.183. The minimum Gasteiger partial charge on any atom is -0.493 e. The number of carbonyl (C=O) groups excluding carboxylic acids is 2. The van der Waals surface area contributed by atoms with Gasteiger partial charge >= 0.3 is 0 Å². The first-order valence-electron chi connectivity index (χ1n) is 17.1. The SMILES string of the molecule is C=CCOCCn1c(C(=O)C2CCN(CCC(CN(C)C(=O)c3cc(OC)c(OC)c(OC)c3)c3ccc(Cl)c(Cl)c3)CC2)nc2ccccc21. The van der Waals surface area contributed by atoms with Crippen molar-refractivity contribution >= 4 is 45.9 Å². The summed E-state index contributed by atoms with van der Waals surface area (Å²) in [5.74, 6) is 1.49. The van der Waals surface area contributed by atoms with Crippen LogP contribution in [0.5, 0.6) is 17.2 Å². The number of nitrogens with zero attached hydrogens (tertiary/aromatic N) is 4. The van der Waals surface area contributed by atoms with Crippen LogP contribution in [0.25, 0.3) is 11.0 Å². The maximum Gasteiger partial charge on any atom is 0.253 e. The van der Waals surface area contributed by atoms with Gasteiger partial charge in [-0.2, -0.15) is 0 Å². The molecule has 0 saturated carbocycles. The second-order valence-corrected chi connectivity index (χ2v) is 13.5. The zero-order chi connectivity index (χ0) is 36.5. The Morgan fingerprint density at radius 2 is 1.69 bits per heavy atom. The molecule has 1 amide bonds. The van der Waals surface area contributed by atoms with Crippen LogP contribution < -0.4 is 14.2 Å². The molecule has 2 heterocycles. The van der Waals surface area contributed by atoms with E-state index < -0.39 is 0 Å².